The van der Waals surface area contributed by atoms with Crippen molar-refractivity contribution in [3.05, 3.63) is 108 Å². The zero-order valence-corrected chi connectivity index (χ0v) is 24.5. The van der Waals surface area contributed by atoms with Gasteiger partial charge in [0.15, 0.2) is 0 Å². The molecule has 3 aromatic carbocycles. The standard InChI is InChI=1S/C34H37N3O6/c1-34(2,3)43-33(42)37-29(23-26-18-11-6-12-19-26)31(39)36-28(22-25-16-9-5-10-17-25)30(38)35-27(32(40)41)21-13-20-24-14-7-4-8-15-24/h4-12,14-19,27-29H,21-23H2,1-3H3,(H,35,38)(H,36,39)(H,37,42)(H,40,41)/t27-,28-,29-/m1/s1. The highest BCUT2D eigenvalue weighted by Crippen LogP contribution is 2.10. The number of nitrogens with one attached hydrogen (secondary N) is 3. The number of carbonyl (C=O) groups is 4. The Balaban J connectivity index is 1.81. The van der Waals surface area contributed by atoms with E-state index >= 15 is 0 Å². The van der Waals surface area contributed by atoms with Gasteiger partial charge in [-0.05, 0) is 44.0 Å². The second-order valence-corrected chi connectivity index (χ2v) is 10.9. The van der Waals surface area contributed by atoms with Gasteiger partial charge in [0.1, 0.15) is 23.7 Å². The number of ether oxygens (including phenoxy) is 1. The summed E-state index contributed by atoms with van der Waals surface area (Å²) < 4.78 is 5.37. The van der Waals surface area contributed by atoms with E-state index in [1.807, 2.05) is 54.6 Å². The molecule has 0 saturated heterocycles. The normalized spacial score (nSPS) is 12.8. The van der Waals surface area contributed by atoms with Gasteiger partial charge in [0.25, 0.3) is 0 Å². The van der Waals surface area contributed by atoms with Crippen LogP contribution in [0.2, 0.25) is 0 Å². The van der Waals surface area contributed by atoms with E-state index in [1.54, 1.807) is 57.2 Å². The number of hydrogen-bond acceptors (Lipinski definition) is 5. The molecule has 0 aliphatic heterocycles. The predicted molar refractivity (Wildman–Crippen MR) is 163 cm³/mol. The minimum Gasteiger partial charge on any atom is -0.480 e. The minimum absolute atomic E-state index is 0.0882. The van der Waals surface area contributed by atoms with Gasteiger partial charge in [0.05, 0.1) is 0 Å². The van der Waals surface area contributed by atoms with Gasteiger partial charge in [0.2, 0.25) is 11.8 Å². The Morgan fingerprint density at radius 2 is 1.14 bits per heavy atom. The number of amides is 3. The monoisotopic (exact) mass is 583 g/mol. The molecule has 0 fully saturated rings. The van der Waals surface area contributed by atoms with Crippen LogP contribution in [0.4, 0.5) is 4.79 Å². The van der Waals surface area contributed by atoms with Crippen LogP contribution >= 0.6 is 0 Å². The minimum atomic E-state index is -1.31. The molecule has 0 unspecified atom stereocenters. The summed E-state index contributed by atoms with van der Waals surface area (Å²) in [6.45, 7) is 5.13. The summed E-state index contributed by atoms with van der Waals surface area (Å²) in [4.78, 5) is 51.7. The van der Waals surface area contributed by atoms with Crippen LogP contribution in [0.25, 0.3) is 0 Å². The average Bonchev–Trinajstić information content (AvgIpc) is 2.96. The van der Waals surface area contributed by atoms with Crippen LogP contribution in [-0.4, -0.2) is 52.7 Å². The Bertz CT molecular complexity index is 1430. The Kier molecular flexibility index (Phi) is 11.9. The molecule has 3 aromatic rings. The molecule has 0 radical (unpaired) electrons. The molecule has 4 N–H and O–H groups in total. The number of aliphatic carboxylic acids is 1. The maximum absolute atomic E-state index is 13.6. The Labute approximate surface area is 252 Å². The summed E-state index contributed by atoms with van der Waals surface area (Å²) in [5.74, 6) is 3.13. The van der Waals surface area contributed by atoms with E-state index in [0.717, 1.165) is 11.1 Å². The van der Waals surface area contributed by atoms with Gasteiger partial charge in [-0.15, -0.1) is 0 Å². The van der Waals surface area contributed by atoms with E-state index in [9.17, 15) is 24.3 Å². The summed E-state index contributed by atoms with van der Waals surface area (Å²) in [6.07, 6.45) is -0.696. The lowest BCUT2D eigenvalue weighted by molar-refractivity contribution is -0.142. The molecular formula is C34H37N3O6. The second-order valence-electron chi connectivity index (χ2n) is 10.9. The number of alkyl carbamates (subject to hydrolysis) is 1. The Morgan fingerprint density at radius 3 is 1.60 bits per heavy atom. The van der Waals surface area contributed by atoms with Crippen LogP contribution in [0.15, 0.2) is 91.0 Å². The predicted octanol–water partition coefficient (Wildman–Crippen LogP) is 3.86. The van der Waals surface area contributed by atoms with Crippen molar-refractivity contribution in [2.24, 2.45) is 0 Å². The number of benzene rings is 3. The fourth-order valence-electron chi connectivity index (χ4n) is 4.09. The van der Waals surface area contributed by atoms with Crippen LogP contribution in [0.3, 0.4) is 0 Å². The van der Waals surface area contributed by atoms with Crippen molar-refractivity contribution in [3.63, 3.8) is 0 Å². The first-order chi connectivity index (χ1) is 20.5. The molecule has 224 valence electrons. The Hall–Kier alpha value is -5.10. The van der Waals surface area contributed by atoms with Gasteiger partial charge in [-0.25, -0.2) is 9.59 Å². The van der Waals surface area contributed by atoms with Crippen LogP contribution in [0.1, 0.15) is 43.9 Å². The van der Waals surface area contributed by atoms with Crippen LogP contribution in [0, 0.1) is 11.8 Å². The average molecular weight is 584 g/mol. The number of hydrogen-bond donors (Lipinski definition) is 4. The van der Waals surface area contributed by atoms with Gasteiger partial charge in [-0.1, -0.05) is 90.7 Å². The molecule has 3 rings (SSSR count). The van der Waals surface area contributed by atoms with Crippen LogP contribution in [0.5, 0.6) is 0 Å². The number of carboxylic acids is 1. The van der Waals surface area contributed by atoms with Crippen LogP contribution < -0.4 is 16.0 Å². The molecule has 0 aliphatic carbocycles. The van der Waals surface area contributed by atoms with Gasteiger partial charge >= 0.3 is 12.1 Å². The van der Waals surface area contributed by atoms with E-state index in [1.165, 1.54) is 0 Å². The maximum Gasteiger partial charge on any atom is 0.408 e. The summed E-state index contributed by atoms with van der Waals surface area (Å²) in [6, 6.07) is 23.7. The fourth-order valence-corrected chi connectivity index (χ4v) is 4.09. The molecular weight excluding hydrogens is 546 g/mol. The number of rotatable bonds is 11. The molecule has 0 heterocycles. The fraction of sp³-hybridized carbons (Fsp3) is 0.294. The third-order valence-corrected chi connectivity index (χ3v) is 6.13. The van der Waals surface area contributed by atoms with Crippen molar-refractivity contribution in [1.29, 1.82) is 0 Å². The lowest BCUT2D eigenvalue weighted by Crippen LogP contribution is -2.57. The summed E-state index contributed by atoms with van der Waals surface area (Å²) in [7, 11) is 0. The summed E-state index contributed by atoms with van der Waals surface area (Å²) >= 11 is 0. The van der Waals surface area contributed by atoms with Crippen molar-refractivity contribution in [2.75, 3.05) is 0 Å². The molecule has 9 heteroatoms. The van der Waals surface area contributed by atoms with Crippen molar-refractivity contribution in [1.82, 2.24) is 16.0 Å². The molecule has 0 aromatic heterocycles. The maximum atomic E-state index is 13.6. The zero-order chi connectivity index (χ0) is 31.2. The highest BCUT2D eigenvalue weighted by atomic mass is 16.6. The highest BCUT2D eigenvalue weighted by molar-refractivity contribution is 5.93. The molecule has 3 amide bonds. The molecule has 0 aliphatic rings. The molecule has 43 heavy (non-hydrogen) atoms. The molecule has 0 bridgehead atoms. The molecule has 3 atom stereocenters. The number of carbonyl (C=O) groups excluding carboxylic acids is 3. The van der Waals surface area contributed by atoms with E-state index < -0.39 is 47.6 Å². The molecule has 0 saturated carbocycles. The lowest BCUT2D eigenvalue weighted by atomic mass is 10.0. The molecule has 9 nitrogen and oxygen atoms in total. The first kappa shape index (κ1) is 32.4. The van der Waals surface area contributed by atoms with E-state index in [0.29, 0.717) is 5.56 Å². The molecule has 0 spiro atoms. The topological polar surface area (TPSA) is 134 Å². The number of carboxylic acid groups (broad SMARTS) is 1. The Morgan fingerprint density at radius 1 is 0.698 bits per heavy atom. The van der Waals surface area contributed by atoms with Gasteiger partial charge in [0, 0.05) is 24.8 Å². The second kappa shape index (κ2) is 15.8. The zero-order valence-electron chi connectivity index (χ0n) is 24.5. The first-order valence-corrected chi connectivity index (χ1v) is 13.9. The smallest absolute Gasteiger partial charge is 0.408 e. The SMILES string of the molecule is CC(C)(C)OC(=O)N[C@H](Cc1ccccc1)C(=O)N[C@H](Cc1ccccc1)C(=O)N[C@H](CC#Cc1ccccc1)C(=O)O. The van der Waals surface area contributed by atoms with Crippen molar-refractivity contribution in [2.45, 2.75) is 63.8 Å². The van der Waals surface area contributed by atoms with Crippen molar-refractivity contribution < 1.29 is 29.0 Å². The van der Waals surface area contributed by atoms with E-state index in [4.69, 9.17) is 4.74 Å². The third-order valence-electron chi connectivity index (χ3n) is 6.13. The highest BCUT2D eigenvalue weighted by Gasteiger charge is 2.30. The quantitative estimate of drug-likeness (QED) is 0.253. The van der Waals surface area contributed by atoms with Gasteiger partial charge in [-0.2, -0.15) is 0 Å². The summed E-state index contributed by atoms with van der Waals surface area (Å²) in [5.41, 5.74) is 1.46. The van der Waals surface area contributed by atoms with Crippen molar-refractivity contribution >= 4 is 23.9 Å². The van der Waals surface area contributed by atoms with Gasteiger partial charge < -0.3 is 25.8 Å². The largest absolute Gasteiger partial charge is 0.480 e. The van der Waals surface area contributed by atoms with Crippen molar-refractivity contribution in [3.8, 4) is 11.8 Å². The first-order valence-electron chi connectivity index (χ1n) is 13.9. The lowest BCUT2D eigenvalue weighted by Gasteiger charge is -2.26. The third kappa shape index (κ3) is 11.7. The van der Waals surface area contributed by atoms with E-state index in [-0.39, 0.29) is 19.3 Å². The van der Waals surface area contributed by atoms with Gasteiger partial charge in [-0.3, -0.25) is 9.59 Å². The summed E-state index contributed by atoms with van der Waals surface area (Å²) in [5, 5.41) is 17.7. The van der Waals surface area contributed by atoms with Crippen LogP contribution in [-0.2, 0) is 32.0 Å². The van der Waals surface area contributed by atoms with E-state index in [2.05, 4.69) is 27.8 Å².